The summed E-state index contributed by atoms with van der Waals surface area (Å²) in [5, 5.41) is 12.9. The lowest BCUT2D eigenvalue weighted by atomic mass is 10.2. The molecule has 7 heteroatoms. The lowest BCUT2D eigenvalue weighted by molar-refractivity contribution is -0.384. The number of imide groups is 1. The Morgan fingerprint density at radius 2 is 1.88 bits per heavy atom. The first-order valence-corrected chi connectivity index (χ1v) is 4.89. The van der Waals surface area contributed by atoms with Gasteiger partial charge in [-0.25, -0.2) is 9.69 Å². The second kappa shape index (κ2) is 3.85. The highest BCUT2D eigenvalue weighted by atomic mass is 16.6. The van der Waals surface area contributed by atoms with Crippen LogP contribution in [0.5, 0.6) is 0 Å². The van der Waals surface area contributed by atoms with E-state index in [0.717, 1.165) is 4.90 Å². The quantitative estimate of drug-likeness (QED) is 0.471. The third-order valence-corrected chi connectivity index (χ3v) is 2.45. The lowest BCUT2D eigenvalue weighted by Crippen LogP contribution is -2.30. The van der Waals surface area contributed by atoms with Crippen LogP contribution in [0.1, 0.15) is 6.92 Å². The molecule has 1 aliphatic rings. The van der Waals surface area contributed by atoms with Crippen LogP contribution in [-0.4, -0.2) is 22.9 Å². The molecule has 0 aromatic heterocycles. The van der Waals surface area contributed by atoms with Gasteiger partial charge in [0.1, 0.15) is 6.04 Å². The fourth-order valence-corrected chi connectivity index (χ4v) is 1.57. The fourth-order valence-electron chi connectivity index (χ4n) is 1.57. The van der Waals surface area contributed by atoms with Crippen LogP contribution in [0.3, 0.4) is 0 Å². The summed E-state index contributed by atoms with van der Waals surface area (Å²) in [6.07, 6.45) is 0. The average Bonchev–Trinajstić information content (AvgIpc) is 2.53. The Morgan fingerprint density at radius 3 is 2.29 bits per heavy atom. The minimum Gasteiger partial charge on any atom is -0.326 e. The van der Waals surface area contributed by atoms with E-state index in [9.17, 15) is 19.7 Å². The summed E-state index contributed by atoms with van der Waals surface area (Å²) in [4.78, 5) is 34.0. The summed E-state index contributed by atoms with van der Waals surface area (Å²) < 4.78 is 0. The molecular weight excluding hydrogens is 226 g/mol. The van der Waals surface area contributed by atoms with Crippen molar-refractivity contribution in [1.82, 2.24) is 5.32 Å². The Kier molecular flexibility index (Phi) is 2.51. The molecule has 0 spiro atoms. The van der Waals surface area contributed by atoms with Crippen molar-refractivity contribution in [2.45, 2.75) is 13.0 Å². The SMILES string of the molecule is CC1NC(=O)N(c2ccc([N+](=O)[O-])cc2)C1=O. The largest absolute Gasteiger partial charge is 0.329 e. The summed E-state index contributed by atoms with van der Waals surface area (Å²) in [6.45, 7) is 1.58. The molecule has 1 aliphatic heterocycles. The number of amides is 3. The molecule has 0 bridgehead atoms. The molecule has 1 aromatic rings. The first kappa shape index (κ1) is 11.1. The number of hydrogen-bond donors (Lipinski definition) is 1. The normalized spacial score (nSPS) is 19.4. The zero-order valence-electron chi connectivity index (χ0n) is 8.91. The van der Waals surface area contributed by atoms with Crippen LogP contribution >= 0.6 is 0 Å². The van der Waals surface area contributed by atoms with Crippen LogP contribution in [0.4, 0.5) is 16.2 Å². The summed E-state index contributed by atoms with van der Waals surface area (Å²) >= 11 is 0. The standard InChI is InChI=1S/C10H9N3O4/c1-6-9(14)12(10(15)11-6)7-2-4-8(5-3-7)13(16)17/h2-6H,1H3,(H,11,15). The second-order valence-electron chi connectivity index (χ2n) is 3.62. The smallest absolute Gasteiger partial charge is 0.326 e. The molecule has 1 saturated heterocycles. The van der Waals surface area contributed by atoms with Gasteiger partial charge >= 0.3 is 6.03 Å². The van der Waals surface area contributed by atoms with Crippen molar-refractivity contribution in [2.75, 3.05) is 4.90 Å². The van der Waals surface area contributed by atoms with E-state index in [1.807, 2.05) is 0 Å². The summed E-state index contributed by atoms with van der Waals surface area (Å²) in [5.74, 6) is -0.371. The summed E-state index contributed by atoms with van der Waals surface area (Å²) in [6, 6.07) is 4.15. The maximum Gasteiger partial charge on any atom is 0.329 e. The van der Waals surface area contributed by atoms with E-state index >= 15 is 0 Å². The topological polar surface area (TPSA) is 92.6 Å². The number of nitrogens with zero attached hydrogens (tertiary/aromatic N) is 2. The van der Waals surface area contributed by atoms with E-state index in [4.69, 9.17) is 0 Å². The Balaban J connectivity index is 2.32. The summed E-state index contributed by atoms with van der Waals surface area (Å²) in [7, 11) is 0. The molecule has 1 fully saturated rings. The Morgan fingerprint density at radius 1 is 1.29 bits per heavy atom. The monoisotopic (exact) mass is 235 g/mol. The Labute approximate surface area is 96.2 Å². The van der Waals surface area contributed by atoms with Gasteiger partial charge in [0.25, 0.3) is 11.6 Å². The molecule has 0 radical (unpaired) electrons. The number of nitrogens with one attached hydrogen (secondary N) is 1. The van der Waals surface area contributed by atoms with Gasteiger partial charge in [0.05, 0.1) is 10.6 Å². The van der Waals surface area contributed by atoms with Crippen LogP contribution in [0.2, 0.25) is 0 Å². The van der Waals surface area contributed by atoms with Gasteiger partial charge in [-0.15, -0.1) is 0 Å². The van der Waals surface area contributed by atoms with E-state index in [1.165, 1.54) is 24.3 Å². The van der Waals surface area contributed by atoms with Crippen LogP contribution < -0.4 is 10.2 Å². The first-order chi connectivity index (χ1) is 8.00. The van der Waals surface area contributed by atoms with Crippen LogP contribution in [0.25, 0.3) is 0 Å². The van der Waals surface area contributed by atoms with Gasteiger partial charge in [0.2, 0.25) is 0 Å². The minimum absolute atomic E-state index is 0.0890. The van der Waals surface area contributed by atoms with Gasteiger partial charge in [-0.2, -0.15) is 0 Å². The highest BCUT2D eigenvalue weighted by Gasteiger charge is 2.36. The van der Waals surface area contributed by atoms with Crippen LogP contribution in [-0.2, 0) is 4.79 Å². The van der Waals surface area contributed by atoms with Crippen molar-refractivity contribution < 1.29 is 14.5 Å². The van der Waals surface area contributed by atoms with Gasteiger partial charge in [-0.1, -0.05) is 0 Å². The third-order valence-electron chi connectivity index (χ3n) is 2.45. The molecule has 2 rings (SSSR count). The number of anilines is 1. The highest BCUT2D eigenvalue weighted by Crippen LogP contribution is 2.22. The first-order valence-electron chi connectivity index (χ1n) is 4.89. The Bertz CT molecular complexity index is 497. The average molecular weight is 235 g/mol. The van der Waals surface area contributed by atoms with Crippen LogP contribution in [0.15, 0.2) is 24.3 Å². The molecule has 1 atom stereocenters. The molecule has 88 valence electrons. The molecule has 1 unspecified atom stereocenters. The molecule has 3 amide bonds. The number of carbonyl (C=O) groups is 2. The van der Waals surface area contributed by atoms with Gasteiger partial charge in [0, 0.05) is 12.1 Å². The van der Waals surface area contributed by atoms with Crippen molar-refractivity contribution in [3.8, 4) is 0 Å². The number of benzene rings is 1. The second-order valence-corrected chi connectivity index (χ2v) is 3.62. The molecule has 17 heavy (non-hydrogen) atoms. The number of non-ortho nitro benzene ring substituents is 1. The van der Waals surface area contributed by atoms with Gasteiger partial charge in [-0.3, -0.25) is 14.9 Å². The van der Waals surface area contributed by atoms with Gasteiger partial charge in [-0.05, 0) is 19.1 Å². The molecule has 1 heterocycles. The van der Waals surface area contributed by atoms with E-state index in [2.05, 4.69) is 5.32 Å². The number of rotatable bonds is 2. The lowest BCUT2D eigenvalue weighted by Gasteiger charge is -2.11. The molecule has 0 saturated carbocycles. The zero-order valence-corrected chi connectivity index (χ0v) is 8.91. The van der Waals surface area contributed by atoms with E-state index in [0.29, 0.717) is 5.69 Å². The van der Waals surface area contributed by atoms with E-state index in [-0.39, 0.29) is 11.6 Å². The maximum atomic E-state index is 11.6. The molecule has 1 N–H and O–H groups in total. The molecule has 1 aromatic carbocycles. The van der Waals surface area contributed by atoms with E-state index in [1.54, 1.807) is 6.92 Å². The number of nitro benzene ring substituents is 1. The number of urea groups is 1. The molecule has 0 aliphatic carbocycles. The molecular formula is C10H9N3O4. The predicted octanol–water partition coefficient (Wildman–Crippen LogP) is 1.04. The number of hydrogen-bond acceptors (Lipinski definition) is 4. The fraction of sp³-hybridized carbons (Fsp3) is 0.200. The zero-order chi connectivity index (χ0) is 12.6. The van der Waals surface area contributed by atoms with Crippen LogP contribution in [0, 0.1) is 10.1 Å². The minimum atomic E-state index is -0.572. The van der Waals surface area contributed by atoms with Crippen molar-refractivity contribution in [3.05, 3.63) is 34.4 Å². The predicted molar refractivity (Wildman–Crippen MR) is 58.6 cm³/mol. The van der Waals surface area contributed by atoms with Crippen molar-refractivity contribution >= 4 is 23.3 Å². The van der Waals surface area contributed by atoms with Crippen molar-refractivity contribution in [1.29, 1.82) is 0 Å². The van der Waals surface area contributed by atoms with E-state index < -0.39 is 17.0 Å². The molecule has 7 nitrogen and oxygen atoms in total. The number of carbonyl (C=O) groups excluding carboxylic acids is 2. The van der Waals surface area contributed by atoms with Crippen molar-refractivity contribution in [3.63, 3.8) is 0 Å². The summed E-state index contributed by atoms with van der Waals surface area (Å²) in [5.41, 5.74) is 0.233. The van der Waals surface area contributed by atoms with Gasteiger partial charge < -0.3 is 5.32 Å². The maximum absolute atomic E-state index is 11.6. The van der Waals surface area contributed by atoms with Gasteiger partial charge in [0.15, 0.2) is 0 Å². The number of nitro groups is 1. The van der Waals surface area contributed by atoms with Crippen molar-refractivity contribution in [2.24, 2.45) is 0 Å². The Hall–Kier alpha value is -2.44. The highest BCUT2D eigenvalue weighted by molar-refractivity contribution is 6.21. The third kappa shape index (κ3) is 1.82.